The second-order valence-electron chi connectivity index (χ2n) is 3.90. The van der Waals surface area contributed by atoms with E-state index in [2.05, 4.69) is 15.0 Å². The molecule has 0 fully saturated rings. The van der Waals surface area contributed by atoms with Gasteiger partial charge in [0, 0.05) is 5.56 Å². The van der Waals surface area contributed by atoms with Gasteiger partial charge in [0.25, 0.3) is 0 Å². The summed E-state index contributed by atoms with van der Waals surface area (Å²) in [7, 11) is 0. The molecule has 2 heterocycles. The average molecular weight is 289 g/mol. The summed E-state index contributed by atoms with van der Waals surface area (Å²) in [6.45, 7) is 0. The van der Waals surface area contributed by atoms with Crippen LogP contribution in [0.15, 0.2) is 30.6 Å². The summed E-state index contributed by atoms with van der Waals surface area (Å²) in [5.74, 6) is 0. The van der Waals surface area contributed by atoms with E-state index in [1.165, 1.54) is 6.33 Å². The Bertz CT molecular complexity index is 817. The van der Waals surface area contributed by atoms with Crippen molar-refractivity contribution < 1.29 is 0 Å². The molecule has 0 aliphatic heterocycles. The molecule has 0 atom stereocenters. The Labute approximate surface area is 118 Å². The van der Waals surface area contributed by atoms with Gasteiger partial charge in [-0.25, -0.2) is 9.97 Å². The molecule has 6 heteroatoms. The average Bonchev–Trinajstić information content (AvgIpc) is 2.89. The zero-order valence-corrected chi connectivity index (χ0v) is 11.0. The van der Waals surface area contributed by atoms with Gasteiger partial charge in [-0.3, -0.25) is 0 Å². The number of halogens is 2. The number of H-pyrrole nitrogens is 1. The van der Waals surface area contributed by atoms with Crippen LogP contribution in [0.1, 0.15) is 5.69 Å². The molecule has 0 unspecified atom stereocenters. The molecular weight excluding hydrogens is 283 g/mol. The van der Waals surface area contributed by atoms with Gasteiger partial charge in [0.1, 0.15) is 11.6 Å². The van der Waals surface area contributed by atoms with Crippen molar-refractivity contribution in [3.63, 3.8) is 0 Å². The van der Waals surface area contributed by atoms with Crippen molar-refractivity contribution in [2.75, 3.05) is 0 Å². The van der Waals surface area contributed by atoms with Gasteiger partial charge in [0.2, 0.25) is 0 Å². The smallest absolute Gasteiger partial charge is 0.168 e. The molecule has 0 aliphatic rings. The number of benzene rings is 1. The summed E-state index contributed by atoms with van der Waals surface area (Å²) in [6, 6.07) is 9.08. The lowest BCUT2D eigenvalue weighted by Gasteiger charge is -2.04. The SMILES string of the molecule is N#Cc1nc(-c2ccc(Cl)c(Cl)c2)cc2[nH]cnc12. The minimum atomic E-state index is 0.278. The predicted molar refractivity (Wildman–Crippen MR) is 74.1 cm³/mol. The van der Waals surface area contributed by atoms with E-state index in [1.54, 1.807) is 18.2 Å². The lowest BCUT2D eigenvalue weighted by Crippen LogP contribution is -1.90. The topological polar surface area (TPSA) is 65.4 Å². The van der Waals surface area contributed by atoms with Crippen LogP contribution in [0, 0.1) is 11.3 Å². The number of aromatic amines is 1. The summed E-state index contributed by atoms with van der Waals surface area (Å²) in [5, 5.41) is 10.0. The summed E-state index contributed by atoms with van der Waals surface area (Å²) in [5.41, 5.74) is 3.04. The van der Waals surface area contributed by atoms with E-state index in [9.17, 15) is 0 Å². The number of hydrogen-bond acceptors (Lipinski definition) is 3. The Morgan fingerprint density at radius 3 is 2.74 bits per heavy atom. The Balaban J connectivity index is 2.25. The Morgan fingerprint density at radius 2 is 2.00 bits per heavy atom. The van der Waals surface area contributed by atoms with Crippen molar-refractivity contribution in [3.8, 4) is 17.3 Å². The molecule has 0 saturated carbocycles. The third-order valence-corrected chi connectivity index (χ3v) is 3.47. The van der Waals surface area contributed by atoms with E-state index < -0.39 is 0 Å². The first-order valence-corrected chi connectivity index (χ1v) is 6.14. The lowest BCUT2D eigenvalue weighted by atomic mass is 10.1. The molecule has 2 aromatic heterocycles. The van der Waals surface area contributed by atoms with E-state index in [0.717, 1.165) is 11.1 Å². The van der Waals surface area contributed by atoms with Crippen LogP contribution in [-0.2, 0) is 0 Å². The van der Waals surface area contributed by atoms with Crippen LogP contribution in [0.2, 0.25) is 10.0 Å². The molecule has 1 aromatic carbocycles. The van der Waals surface area contributed by atoms with Crippen LogP contribution in [0.4, 0.5) is 0 Å². The van der Waals surface area contributed by atoms with Crippen molar-refractivity contribution in [2.45, 2.75) is 0 Å². The number of hydrogen-bond donors (Lipinski definition) is 1. The number of nitrogens with one attached hydrogen (secondary N) is 1. The molecule has 19 heavy (non-hydrogen) atoms. The Hall–Kier alpha value is -2.09. The van der Waals surface area contributed by atoms with E-state index in [-0.39, 0.29) is 5.69 Å². The normalized spacial score (nSPS) is 10.6. The zero-order chi connectivity index (χ0) is 13.4. The van der Waals surface area contributed by atoms with E-state index >= 15 is 0 Å². The summed E-state index contributed by atoms with van der Waals surface area (Å²) >= 11 is 11.9. The maximum atomic E-state index is 9.11. The number of pyridine rings is 1. The zero-order valence-electron chi connectivity index (χ0n) is 9.48. The number of fused-ring (bicyclic) bond motifs is 1. The van der Waals surface area contributed by atoms with Gasteiger partial charge < -0.3 is 4.98 Å². The highest BCUT2D eigenvalue weighted by Gasteiger charge is 2.10. The Kier molecular flexibility index (Phi) is 2.86. The van der Waals surface area contributed by atoms with Gasteiger partial charge in [-0.1, -0.05) is 29.3 Å². The number of rotatable bonds is 1. The Morgan fingerprint density at radius 1 is 1.16 bits per heavy atom. The fourth-order valence-corrected chi connectivity index (χ4v) is 2.12. The minimum absolute atomic E-state index is 0.278. The molecular formula is C13H6Cl2N4. The highest BCUT2D eigenvalue weighted by molar-refractivity contribution is 6.42. The predicted octanol–water partition coefficient (Wildman–Crippen LogP) is 3.80. The van der Waals surface area contributed by atoms with Gasteiger partial charge in [-0.2, -0.15) is 5.26 Å². The quantitative estimate of drug-likeness (QED) is 0.741. The van der Waals surface area contributed by atoms with Gasteiger partial charge in [-0.15, -0.1) is 0 Å². The molecule has 0 amide bonds. The van der Waals surface area contributed by atoms with Crippen molar-refractivity contribution in [1.82, 2.24) is 15.0 Å². The highest BCUT2D eigenvalue weighted by Crippen LogP contribution is 2.29. The van der Waals surface area contributed by atoms with Crippen molar-refractivity contribution in [3.05, 3.63) is 46.3 Å². The van der Waals surface area contributed by atoms with Crippen molar-refractivity contribution in [1.29, 1.82) is 5.26 Å². The molecule has 3 aromatic rings. The largest absolute Gasteiger partial charge is 0.344 e. The molecule has 0 radical (unpaired) electrons. The standard InChI is InChI=1S/C13H6Cl2N4/c14-8-2-1-7(3-9(8)15)10-4-11-13(18-6-17-11)12(5-16)19-10/h1-4,6H,(H,17,18). The number of imidazole rings is 1. The molecule has 0 aliphatic carbocycles. The first-order valence-electron chi connectivity index (χ1n) is 5.38. The van der Waals surface area contributed by atoms with E-state index in [4.69, 9.17) is 28.5 Å². The van der Waals surface area contributed by atoms with Crippen LogP contribution in [0.5, 0.6) is 0 Å². The van der Waals surface area contributed by atoms with Gasteiger partial charge >= 0.3 is 0 Å². The summed E-state index contributed by atoms with van der Waals surface area (Å²) in [6.07, 6.45) is 1.53. The molecule has 3 rings (SSSR count). The van der Waals surface area contributed by atoms with Crippen LogP contribution >= 0.6 is 23.2 Å². The third kappa shape index (κ3) is 2.03. The molecule has 0 spiro atoms. The van der Waals surface area contributed by atoms with Crippen LogP contribution in [0.3, 0.4) is 0 Å². The fraction of sp³-hybridized carbons (Fsp3) is 0. The summed E-state index contributed by atoms with van der Waals surface area (Å²) in [4.78, 5) is 11.3. The van der Waals surface area contributed by atoms with Gasteiger partial charge in [-0.05, 0) is 18.2 Å². The van der Waals surface area contributed by atoms with Crippen LogP contribution < -0.4 is 0 Å². The highest BCUT2D eigenvalue weighted by atomic mass is 35.5. The second-order valence-corrected chi connectivity index (χ2v) is 4.71. The van der Waals surface area contributed by atoms with Gasteiger partial charge in [0.05, 0.1) is 27.6 Å². The lowest BCUT2D eigenvalue weighted by molar-refractivity contribution is 1.28. The van der Waals surface area contributed by atoms with E-state index in [0.29, 0.717) is 21.3 Å². The number of nitriles is 1. The number of nitrogens with zero attached hydrogens (tertiary/aromatic N) is 3. The maximum Gasteiger partial charge on any atom is 0.168 e. The molecule has 4 nitrogen and oxygen atoms in total. The number of aromatic nitrogens is 3. The van der Waals surface area contributed by atoms with Crippen LogP contribution in [-0.4, -0.2) is 15.0 Å². The van der Waals surface area contributed by atoms with E-state index in [1.807, 2.05) is 12.1 Å². The first-order chi connectivity index (χ1) is 9.19. The van der Waals surface area contributed by atoms with Crippen molar-refractivity contribution >= 4 is 34.2 Å². The third-order valence-electron chi connectivity index (χ3n) is 2.73. The van der Waals surface area contributed by atoms with Crippen molar-refractivity contribution in [2.24, 2.45) is 0 Å². The fourth-order valence-electron chi connectivity index (χ4n) is 1.83. The summed E-state index contributed by atoms with van der Waals surface area (Å²) < 4.78 is 0. The second kappa shape index (κ2) is 4.54. The first kappa shape index (κ1) is 12.0. The minimum Gasteiger partial charge on any atom is -0.344 e. The van der Waals surface area contributed by atoms with Crippen LogP contribution in [0.25, 0.3) is 22.3 Å². The monoisotopic (exact) mass is 288 g/mol. The molecule has 1 N–H and O–H groups in total. The maximum absolute atomic E-state index is 9.11. The molecule has 0 saturated heterocycles. The van der Waals surface area contributed by atoms with Gasteiger partial charge in [0.15, 0.2) is 5.69 Å². The molecule has 92 valence electrons. The molecule has 0 bridgehead atoms.